The second-order valence-corrected chi connectivity index (χ2v) is 3.12. The largest absolute Gasteiger partial charge is 1.00 e. The smallest absolute Gasteiger partial charge is 0.857 e. The van der Waals surface area contributed by atoms with Gasteiger partial charge in [-0.1, -0.05) is 13.8 Å². The second kappa shape index (κ2) is 16.0. The molecule has 0 unspecified atom stereocenters. The molecule has 3 nitrogen and oxygen atoms in total. The number of carbonyl (C=O) groups is 1. The Labute approximate surface area is 110 Å². The van der Waals surface area contributed by atoms with Gasteiger partial charge in [-0.2, -0.15) is 7.11 Å². The number of carbonyl (C=O) groups excluding carboxylic acids is 1. The van der Waals surface area contributed by atoms with E-state index in [9.17, 15) is 0 Å². The number of nitrogens with zero attached hydrogens (tertiary/aromatic N) is 1. The molecule has 14 heavy (non-hydrogen) atoms. The Kier molecular flexibility index (Phi) is 23.0. The van der Waals surface area contributed by atoms with Crippen molar-refractivity contribution >= 4 is 6.79 Å². The fourth-order valence-corrected chi connectivity index (χ4v) is 1.38. The van der Waals surface area contributed by atoms with E-state index in [1.807, 2.05) is 6.79 Å². The summed E-state index contributed by atoms with van der Waals surface area (Å²) in [4.78, 5) is 10.5. The van der Waals surface area contributed by atoms with Crippen LogP contribution in [0.25, 0.3) is 0 Å². The molecule has 1 aliphatic heterocycles. The number of likely N-dealkylation sites (tertiary alicyclic amines) is 1. The molecule has 80 valence electrons. The van der Waals surface area contributed by atoms with Crippen LogP contribution in [0.2, 0.25) is 0 Å². The molecule has 1 aliphatic rings. The van der Waals surface area contributed by atoms with E-state index in [0.29, 0.717) is 0 Å². The molecule has 0 saturated carbocycles. The van der Waals surface area contributed by atoms with Crippen molar-refractivity contribution in [2.24, 2.45) is 5.92 Å². The maximum absolute atomic E-state index is 8.25. The van der Waals surface area contributed by atoms with Gasteiger partial charge >= 0.3 is 29.6 Å². The van der Waals surface area contributed by atoms with Crippen LogP contribution in [0.5, 0.6) is 0 Å². The molecule has 0 aromatic rings. The van der Waals surface area contributed by atoms with Gasteiger partial charge in [0.1, 0.15) is 6.79 Å². The van der Waals surface area contributed by atoms with Crippen LogP contribution in [0.1, 0.15) is 26.7 Å². The van der Waals surface area contributed by atoms with Crippen molar-refractivity contribution in [3.05, 3.63) is 0 Å². The molecule has 0 N–H and O–H groups in total. The molecule has 0 aromatic heterocycles. The summed E-state index contributed by atoms with van der Waals surface area (Å²) in [7, 11) is 0.750. The van der Waals surface area contributed by atoms with Crippen LogP contribution in [0.4, 0.5) is 0 Å². The summed E-state index contributed by atoms with van der Waals surface area (Å²) in [6.07, 6.45) is 2.82. The summed E-state index contributed by atoms with van der Waals surface area (Å²) in [6.45, 7) is 10.5. The van der Waals surface area contributed by atoms with Crippen LogP contribution >= 0.6 is 0 Å². The van der Waals surface area contributed by atoms with E-state index in [0.717, 1.165) is 13.0 Å². The Morgan fingerprint density at radius 1 is 1.29 bits per heavy atom. The average Bonchev–Trinajstić information content (AvgIpc) is 2.25. The molecule has 0 radical (unpaired) electrons. The zero-order valence-corrected chi connectivity index (χ0v) is 12.1. The summed E-state index contributed by atoms with van der Waals surface area (Å²) in [5.41, 5.74) is 0. The van der Waals surface area contributed by atoms with Gasteiger partial charge in [-0.3, -0.25) is 0 Å². The molecule has 1 rings (SSSR count). The molecule has 1 fully saturated rings. The Morgan fingerprint density at radius 3 is 1.93 bits per heavy atom. The van der Waals surface area contributed by atoms with Crippen molar-refractivity contribution in [3.8, 4) is 0 Å². The zero-order chi connectivity index (χ0) is 10.7. The maximum atomic E-state index is 8.25. The third-order valence-corrected chi connectivity index (χ3v) is 2.32. The predicted molar refractivity (Wildman–Crippen MR) is 53.6 cm³/mol. The standard InChI is InChI=1S/C8H17N.CH3O.CH2O.Na/c1-3-9-6-4-8(2)5-7-9;2*1-2;/h8H,3-7H2,1-2H3;1H3;1H2;/q;-1;;+1. The van der Waals surface area contributed by atoms with E-state index in [-0.39, 0.29) is 29.6 Å². The molecule has 0 bridgehead atoms. The van der Waals surface area contributed by atoms with E-state index in [4.69, 9.17) is 9.90 Å². The van der Waals surface area contributed by atoms with Crippen molar-refractivity contribution < 1.29 is 39.5 Å². The second-order valence-electron chi connectivity index (χ2n) is 3.12. The number of hydrogen-bond acceptors (Lipinski definition) is 3. The minimum absolute atomic E-state index is 0. The van der Waals surface area contributed by atoms with Crippen molar-refractivity contribution in [1.29, 1.82) is 0 Å². The van der Waals surface area contributed by atoms with Gasteiger partial charge in [0.25, 0.3) is 0 Å². The number of hydrogen-bond donors (Lipinski definition) is 0. The van der Waals surface area contributed by atoms with Crippen LogP contribution in [-0.2, 0) is 4.79 Å². The zero-order valence-electron chi connectivity index (χ0n) is 10.1. The first-order chi connectivity index (χ1) is 6.33. The Hall–Kier alpha value is 0.590. The Balaban J connectivity index is -0.000000216. The molecular formula is C10H22NNaO2. The van der Waals surface area contributed by atoms with Gasteiger partial charge in [0.05, 0.1) is 0 Å². The van der Waals surface area contributed by atoms with Crippen LogP contribution < -0.4 is 34.7 Å². The first kappa shape index (κ1) is 20.1. The molecular weight excluding hydrogens is 189 g/mol. The number of piperidine rings is 1. The van der Waals surface area contributed by atoms with E-state index in [2.05, 4.69) is 18.7 Å². The van der Waals surface area contributed by atoms with Crippen LogP contribution in [0, 0.1) is 5.92 Å². The first-order valence-corrected chi connectivity index (χ1v) is 4.75. The topological polar surface area (TPSA) is 43.4 Å². The molecule has 1 heterocycles. The van der Waals surface area contributed by atoms with Gasteiger partial charge in [0.15, 0.2) is 0 Å². The summed E-state index contributed by atoms with van der Waals surface area (Å²) in [6, 6.07) is 0. The molecule has 0 spiro atoms. The van der Waals surface area contributed by atoms with E-state index in [1.54, 1.807) is 0 Å². The van der Waals surface area contributed by atoms with Crippen LogP contribution in [-0.4, -0.2) is 38.4 Å². The van der Waals surface area contributed by atoms with Crippen molar-refractivity contribution in [2.75, 3.05) is 26.7 Å². The first-order valence-electron chi connectivity index (χ1n) is 4.75. The Bertz CT molecular complexity index is 96.1. The molecule has 0 aromatic carbocycles. The van der Waals surface area contributed by atoms with Gasteiger partial charge in [0.2, 0.25) is 0 Å². The van der Waals surface area contributed by atoms with Crippen LogP contribution in [0.3, 0.4) is 0 Å². The summed E-state index contributed by atoms with van der Waals surface area (Å²) >= 11 is 0. The minimum atomic E-state index is 0. The van der Waals surface area contributed by atoms with E-state index in [1.165, 1.54) is 32.5 Å². The van der Waals surface area contributed by atoms with Gasteiger partial charge in [-0.05, 0) is 38.4 Å². The van der Waals surface area contributed by atoms with Gasteiger partial charge in [-0.25, -0.2) is 0 Å². The summed E-state index contributed by atoms with van der Waals surface area (Å²) in [5, 5.41) is 8.25. The third kappa shape index (κ3) is 10.7. The maximum Gasteiger partial charge on any atom is 1.00 e. The van der Waals surface area contributed by atoms with Gasteiger partial charge < -0.3 is 14.8 Å². The fourth-order valence-electron chi connectivity index (χ4n) is 1.38. The number of rotatable bonds is 1. The van der Waals surface area contributed by atoms with Crippen LogP contribution in [0.15, 0.2) is 0 Å². The van der Waals surface area contributed by atoms with Crippen molar-refractivity contribution in [1.82, 2.24) is 4.90 Å². The molecule has 1 saturated heterocycles. The SMILES string of the molecule is C=O.CCN1CCC(C)CC1.C[O-].[Na+]. The fraction of sp³-hybridized carbons (Fsp3) is 0.900. The summed E-state index contributed by atoms with van der Waals surface area (Å²) in [5.74, 6) is 0.979. The summed E-state index contributed by atoms with van der Waals surface area (Å²) < 4.78 is 0. The van der Waals surface area contributed by atoms with E-state index < -0.39 is 0 Å². The minimum Gasteiger partial charge on any atom is -0.857 e. The third-order valence-electron chi connectivity index (χ3n) is 2.32. The van der Waals surface area contributed by atoms with E-state index >= 15 is 0 Å². The molecule has 0 atom stereocenters. The van der Waals surface area contributed by atoms with Gasteiger partial charge in [0, 0.05) is 0 Å². The van der Waals surface area contributed by atoms with Crippen molar-refractivity contribution in [2.45, 2.75) is 26.7 Å². The van der Waals surface area contributed by atoms with Crippen molar-refractivity contribution in [3.63, 3.8) is 0 Å². The molecule has 4 heteroatoms. The molecule has 0 amide bonds. The normalized spacial score (nSPS) is 16.6. The molecule has 0 aliphatic carbocycles. The monoisotopic (exact) mass is 211 g/mol. The average molecular weight is 211 g/mol. The predicted octanol–water partition coefficient (Wildman–Crippen LogP) is -2.47. The Morgan fingerprint density at radius 2 is 1.64 bits per heavy atom. The van der Waals surface area contributed by atoms with Gasteiger partial charge in [-0.15, -0.1) is 0 Å². The quantitative estimate of drug-likeness (QED) is 0.452.